The molecular weight excluding hydrogens is 304 g/mol. The number of ether oxygens (including phenoxy) is 2. The maximum absolute atomic E-state index is 13.1. The lowest BCUT2D eigenvalue weighted by Gasteiger charge is -2.21. The third-order valence-electron chi connectivity index (χ3n) is 4.68. The van der Waals surface area contributed by atoms with Crippen molar-refractivity contribution >= 4 is 22.5 Å². The molecule has 5 heteroatoms. The van der Waals surface area contributed by atoms with Crippen LogP contribution in [0.15, 0.2) is 54.6 Å². The number of hydrogen-bond donors (Lipinski definition) is 1. The van der Waals surface area contributed by atoms with Crippen LogP contribution in [0.1, 0.15) is 11.3 Å². The number of amides is 1. The van der Waals surface area contributed by atoms with Gasteiger partial charge in [-0.3, -0.25) is 4.79 Å². The number of benzene rings is 2. The minimum atomic E-state index is -1.26. The van der Waals surface area contributed by atoms with Crippen molar-refractivity contribution in [2.24, 2.45) is 0 Å². The summed E-state index contributed by atoms with van der Waals surface area (Å²) in [5.41, 5.74) is 3.69. The molecule has 2 aromatic carbocycles. The minimum absolute atomic E-state index is 0.153. The number of carbonyl (C=O) groups is 1. The first-order chi connectivity index (χ1) is 11.8. The van der Waals surface area contributed by atoms with E-state index < -0.39 is 5.79 Å². The molecule has 0 unspecified atom stereocenters. The molecule has 3 heterocycles. The van der Waals surface area contributed by atoms with E-state index in [4.69, 9.17) is 9.47 Å². The van der Waals surface area contributed by atoms with Crippen molar-refractivity contribution in [1.82, 2.24) is 4.98 Å². The largest absolute Gasteiger partial charge is 0.357 e. The zero-order chi connectivity index (χ0) is 16.1. The molecule has 0 bridgehead atoms. The van der Waals surface area contributed by atoms with E-state index in [0.29, 0.717) is 19.8 Å². The zero-order valence-corrected chi connectivity index (χ0v) is 13.0. The Kier molecular flexibility index (Phi) is 2.83. The third-order valence-corrected chi connectivity index (χ3v) is 4.68. The number of anilines is 1. The van der Waals surface area contributed by atoms with E-state index in [1.165, 1.54) is 0 Å². The van der Waals surface area contributed by atoms with Crippen LogP contribution in [-0.4, -0.2) is 24.1 Å². The number of H-pyrrole nitrogens is 1. The van der Waals surface area contributed by atoms with E-state index in [2.05, 4.69) is 17.1 Å². The fourth-order valence-electron chi connectivity index (χ4n) is 3.63. The molecule has 0 aliphatic carbocycles. The number of aromatic amines is 1. The summed E-state index contributed by atoms with van der Waals surface area (Å²) in [5, 5.41) is 1.13. The van der Waals surface area contributed by atoms with Crippen LogP contribution < -0.4 is 4.90 Å². The van der Waals surface area contributed by atoms with E-state index in [9.17, 15) is 4.79 Å². The van der Waals surface area contributed by atoms with E-state index in [1.807, 2.05) is 42.5 Å². The van der Waals surface area contributed by atoms with Gasteiger partial charge in [0.05, 0.1) is 25.4 Å². The zero-order valence-electron chi connectivity index (χ0n) is 13.0. The Balaban J connectivity index is 1.57. The Labute approximate surface area is 138 Å². The summed E-state index contributed by atoms with van der Waals surface area (Å²) < 4.78 is 11.5. The summed E-state index contributed by atoms with van der Waals surface area (Å²) in [7, 11) is 0. The van der Waals surface area contributed by atoms with Gasteiger partial charge >= 0.3 is 0 Å². The lowest BCUT2D eigenvalue weighted by Crippen LogP contribution is -2.40. The topological polar surface area (TPSA) is 54.6 Å². The van der Waals surface area contributed by atoms with Gasteiger partial charge in [-0.2, -0.15) is 0 Å². The van der Waals surface area contributed by atoms with Gasteiger partial charge in [0.15, 0.2) is 0 Å². The highest BCUT2D eigenvalue weighted by Crippen LogP contribution is 2.46. The standard InChI is InChI=1S/C19H16N2O3/c22-18-19(23-9-10-24-19)15-6-2-4-8-17(15)21(18)12-14-11-13-5-1-3-7-16(13)20-14/h1-8,11,20H,9-10,12H2. The van der Waals surface area contributed by atoms with Gasteiger partial charge in [0.1, 0.15) is 0 Å². The predicted molar refractivity (Wildman–Crippen MR) is 89.5 cm³/mol. The first-order valence-electron chi connectivity index (χ1n) is 8.04. The summed E-state index contributed by atoms with van der Waals surface area (Å²) >= 11 is 0. The molecule has 1 aromatic heterocycles. The number of nitrogens with one attached hydrogen (secondary N) is 1. The molecule has 24 heavy (non-hydrogen) atoms. The van der Waals surface area contributed by atoms with Gasteiger partial charge in [-0.25, -0.2) is 0 Å². The number of nitrogens with zero attached hydrogens (tertiary/aromatic N) is 1. The second kappa shape index (κ2) is 4.93. The molecule has 2 aliphatic heterocycles. The van der Waals surface area contributed by atoms with E-state index in [0.717, 1.165) is 27.8 Å². The van der Waals surface area contributed by atoms with Crippen molar-refractivity contribution in [2.45, 2.75) is 12.3 Å². The van der Waals surface area contributed by atoms with Crippen LogP contribution >= 0.6 is 0 Å². The van der Waals surface area contributed by atoms with Crippen molar-refractivity contribution in [3.8, 4) is 0 Å². The number of para-hydroxylation sites is 2. The summed E-state index contributed by atoms with van der Waals surface area (Å²) in [6, 6.07) is 17.8. The molecule has 5 nitrogen and oxygen atoms in total. The van der Waals surface area contributed by atoms with Crippen LogP contribution in [-0.2, 0) is 26.6 Å². The molecule has 1 fully saturated rings. The van der Waals surface area contributed by atoms with Crippen molar-refractivity contribution in [1.29, 1.82) is 0 Å². The summed E-state index contributed by atoms with van der Waals surface area (Å²) in [6.07, 6.45) is 0. The smallest absolute Gasteiger partial charge is 0.292 e. The Morgan fingerprint density at radius 1 is 1.04 bits per heavy atom. The van der Waals surface area contributed by atoms with Gasteiger partial charge in [-0.1, -0.05) is 36.4 Å². The Morgan fingerprint density at radius 3 is 2.62 bits per heavy atom. The third kappa shape index (κ3) is 1.79. The molecule has 5 rings (SSSR count). The molecule has 1 saturated heterocycles. The van der Waals surface area contributed by atoms with Crippen LogP contribution in [0.3, 0.4) is 0 Å². The van der Waals surface area contributed by atoms with Crippen LogP contribution in [0, 0.1) is 0 Å². The first kappa shape index (κ1) is 13.8. The summed E-state index contributed by atoms with van der Waals surface area (Å²) in [5.74, 6) is -1.41. The van der Waals surface area contributed by atoms with Crippen LogP contribution in [0.4, 0.5) is 5.69 Å². The van der Waals surface area contributed by atoms with E-state index in [1.54, 1.807) is 4.90 Å². The van der Waals surface area contributed by atoms with Crippen molar-refractivity contribution in [2.75, 3.05) is 18.1 Å². The minimum Gasteiger partial charge on any atom is -0.357 e. The van der Waals surface area contributed by atoms with Crippen LogP contribution in [0.2, 0.25) is 0 Å². The SMILES string of the molecule is O=C1N(Cc2cc3ccccc3[nH]2)c2ccccc2C12OCCO2. The molecule has 2 aliphatic rings. The maximum atomic E-state index is 13.1. The second-order valence-electron chi connectivity index (χ2n) is 6.10. The number of aromatic nitrogens is 1. The van der Waals surface area contributed by atoms with Gasteiger partial charge in [0, 0.05) is 16.8 Å². The van der Waals surface area contributed by atoms with E-state index >= 15 is 0 Å². The number of hydrogen-bond acceptors (Lipinski definition) is 3. The molecule has 1 N–H and O–H groups in total. The van der Waals surface area contributed by atoms with Crippen molar-refractivity contribution < 1.29 is 14.3 Å². The molecule has 1 spiro atoms. The van der Waals surface area contributed by atoms with Crippen molar-refractivity contribution in [3.63, 3.8) is 0 Å². The lowest BCUT2D eigenvalue weighted by molar-refractivity contribution is -0.180. The normalized spacial score (nSPS) is 18.7. The monoisotopic (exact) mass is 320 g/mol. The molecule has 1 amide bonds. The van der Waals surface area contributed by atoms with Gasteiger partial charge in [-0.05, 0) is 23.6 Å². The maximum Gasteiger partial charge on any atom is 0.292 e. The fraction of sp³-hybridized carbons (Fsp3) is 0.211. The van der Waals surface area contributed by atoms with Gasteiger partial charge in [0.2, 0.25) is 0 Å². The molecule has 120 valence electrons. The first-order valence-corrected chi connectivity index (χ1v) is 8.04. The molecular formula is C19H16N2O3. The van der Waals surface area contributed by atoms with Gasteiger partial charge in [0.25, 0.3) is 11.7 Å². The Hall–Kier alpha value is -2.63. The van der Waals surface area contributed by atoms with Crippen LogP contribution in [0.5, 0.6) is 0 Å². The highest BCUT2D eigenvalue weighted by molar-refractivity contribution is 6.06. The Morgan fingerprint density at radius 2 is 1.79 bits per heavy atom. The van der Waals surface area contributed by atoms with Crippen molar-refractivity contribution in [3.05, 3.63) is 65.9 Å². The fourth-order valence-corrected chi connectivity index (χ4v) is 3.63. The quantitative estimate of drug-likeness (QED) is 0.790. The van der Waals surface area contributed by atoms with Gasteiger partial charge < -0.3 is 19.4 Å². The molecule has 0 atom stereocenters. The average Bonchev–Trinajstić information content (AvgIpc) is 3.30. The lowest BCUT2D eigenvalue weighted by atomic mass is 10.1. The van der Waals surface area contributed by atoms with E-state index in [-0.39, 0.29) is 5.91 Å². The molecule has 3 aromatic rings. The number of rotatable bonds is 2. The summed E-state index contributed by atoms with van der Waals surface area (Å²) in [6.45, 7) is 1.32. The highest BCUT2D eigenvalue weighted by Gasteiger charge is 2.55. The number of fused-ring (bicyclic) bond motifs is 3. The van der Waals surface area contributed by atoms with Gasteiger partial charge in [-0.15, -0.1) is 0 Å². The van der Waals surface area contributed by atoms with Crippen LogP contribution in [0.25, 0.3) is 10.9 Å². The Bertz CT molecular complexity index is 907. The highest BCUT2D eigenvalue weighted by atomic mass is 16.7. The summed E-state index contributed by atoms with van der Waals surface area (Å²) in [4.78, 5) is 18.2. The molecule has 0 radical (unpaired) electrons. The predicted octanol–water partition coefficient (Wildman–Crippen LogP) is 2.91. The average molecular weight is 320 g/mol. The second-order valence-corrected chi connectivity index (χ2v) is 6.10. The molecule has 0 saturated carbocycles. The number of carbonyl (C=O) groups excluding carboxylic acids is 1.